The van der Waals surface area contributed by atoms with Gasteiger partial charge in [-0.15, -0.1) is 0 Å². The predicted molar refractivity (Wildman–Crippen MR) is 44.1 cm³/mol. The van der Waals surface area contributed by atoms with Gasteiger partial charge in [0.15, 0.2) is 0 Å². The van der Waals surface area contributed by atoms with Crippen LogP contribution in [0.2, 0.25) is 0 Å². The van der Waals surface area contributed by atoms with E-state index >= 15 is 0 Å². The van der Waals surface area contributed by atoms with Gasteiger partial charge >= 0.3 is 0 Å². The van der Waals surface area contributed by atoms with E-state index in [2.05, 4.69) is 29.8 Å². The molecule has 0 saturated carbocycles. The lowest BCUT2D eigenvalue weighted by Gasteiger charge is -2.17. The third-order valence-electron chi connectivity index (χ3n) is 1.50. The second kappa shape index (κ2) is 5.24. The summed E-state index contributed by atoms with van der Waals surface area (Å²) in [4.78, 5) is 0.521. The summed E-state index contributed by atoms with van der Waals surface area (Å²) in [6.07, 6.45) is 2.60. The van der Waals surface area contributed by atoms with Crippen molar-refractivity contribution in [2.24, 2.45) is 0 Å². The molecule has 0 fully saturated rings. The van der Waals surface area contributed by atoms with E-state index in [9.17, 15) is 0 Å². The Morgan fingerprint density at radius 2 is 1.89 bits per heavy atom. The highest BCUT2D eigenvalue weighted by molar-refractivity contribution is 9.09. The van der Waals surface area contributed by atoms with E-state index < -0.39 is 0 Å². The minimum Gasteiger partial charge on any atom is -0.380 e. The highest BCUT2D eigenvalue weighted by atomic mass is 79.9. The van der Waals surface area contributed by atoms with E-state index in [0.717, 1.165) is 12.8 Å². The van der Waals surface area contributed by atoms with E-state index in [1.54, 1.807) is 7.11 Å². The second-order valence-electron chi connectivity index (χ2n) is 2.11. The molecule has 0 aliphatic carbocycles. The molecule has 0 aromatic rings. The van der Waals surface area contributed by atoms with Crippen LogP contribution in [0.15, 0.2) is 0 Å². The van der Waals surface area contributed by atoms with Crippen molar-refractivity contribution >= 4 is 15.9 Å². The van der Waals surface area contributed by atoms with Crippen LogP contribution in [0.25, 0.3) is 0 Å². The Kier molecular flexibility index (Phi) is 5.50. The Balaban J connectivity index is 3.50. The minimum absolute atomic E-state index is 0.384. The molecule has 1 nitrogen and oxygen atoms in total. The van der Waals surface area contributed by atoms with Crippen LogP contribution in [-0.2, 0) is 4.74 Å². The van der Waals surface area contributed by atoms with Crippen LogP contribution in [-0.4, -0.2) is 18.0 Å². The standard InChI is InChI=1S/C7H15BrO/c1-4-6(8)7(5-2)9-3/h6-7H,4-5H2,1-3H3. The van der Waals surface area contributed by atoms with Crippen molar-refractivity contribution in [2.45, 2.75) is 37.6 Å². The zero-order valence-corrected chi connectivity index (χ0v) is 7.94. The van der Waals surface area contributed by atoms with Crippen molar-refractivity contribution < 1.29 is 4.74 Å². The van der Waals surface area contributed by atoms with Crippen LogP contribution < -0.4 is 0 Å². The van der Waals surface area contributed by atoms with Gasteiger partial charge in [0.05, 0.1) is 6.10 Å². The number of ether oxygens (including phenoxy) is 1. The van der Waals surface area contributed by atoms with Gasteiger partial charge in [0.1, 0.15) is 0 Å². The van der Waals surface area contributed by atoms with Crippen LogP contribution in [0.1, 0.15) is 26.7 Å². The van der Waals surface area contributed by atoms with Crippen LogP contribution in [0.3, 0.4) is 0 Å². The van der Waals surface area contributed by atoms with Gasteiger partial charge in [-0.1, -0.05) is 29.8 Å². The van der Waals surface area contributed by atoms with Gasteiger partial charge < -0.3 is 4.74 Å². The highest BCUT2D eigenvalue weighted by Gasteiger charge is 2.12. The molecule has 0 aliphatic heterocycles. The van der Waals surface area contributed by atoms with Crippen LogP contribution in [0.5, 0.6) is 0 Å². The van der Waals surface area contributed by atoms with Crippen molar-refractivity contribution in [1.29, 1.82) is 0 Å². The zero-order valence-electron chi connectivity index (χ0n) is 6.36. The molecular formula is C7H15BrO. The molecule has 0 spiro atoms. The molecule has 56 valence electrons. The lowest BCUT2D eigenvalue weighted by Crippen LogP contribution is -2.20. The van der Waals surface area contributed by atoms with Crippen molar-refractivity contribution in [3.8, 4) is 0 Å². The lowest BCUT2D eigenvalue weighted by atomic mass is 10.2. The molecule has 0 saturated heterocycles. The number of hydrogen-bond donors (Lipinski definition) is 0. The number of alkyl halides is 1. The van der Waals surface area contributed by atoms with Gasteiger partial charge in [0.2, 0.25) is 0 Å². The normalized spacial score (nSPS) is 17.3. The molecule has 2 unspecified atom stereocenters. The van der Waals surface area contributed by atoms with Crippen molar-refractivity contribution in [3.05, 3.63) is 0 Å². The second-order valence-corrected chi connectivity index (χ2v) is 3.28. The summed E-state index contributed by atoms with van der Waals surface area (Å²) in [5, 5.41) is 0. The van der Waals surface area contributed by atoms with Crippen molar-refractivity contribution in [2.75, 3.05) is 7.11 Å². The molecule has 0 aliphatic rings. The summed E-state index contributed by atoms with van der Waals surface area (Å²) in [5.74, 6) is 0. The Labute approximate surface area is 65.9 Å². The molecule has 0 heterocycles. The maximum absolute atomic E-state index is 5.21. The van der Waals surface area contributed by atoms with Crippen LogP contribution >= 0.6 is 15.9 Å². The molecule has 0 bridgehead atoms. The van der Waals surface area contributed by atoms with E-state index in [1.165, 1.54) is 0 Å². The SMILES string of the molecule is CCC(Br)C(CC)OC. The first-order valence-corrected chi connectivity index (χ1v) is 4.34. The number of rotatable bonds is 4. The third-order valence-corrected chi connectivity index (χ3v) is 2.74. The smallest absolute Gasteiger partial charge is 0.0693 e. The Morgan fingerprint density at radius 3 is 2.00 bits per heavy atom. The monoisotopic (exact) mass is 194 g/mol. The van der Waals surface area contributed by atoms with E-state index in [-0.39, 0.29) is 0 Å². The average molecular weight is 195 g/mol. The van der Waals surface area contributed by atoms with Crippen molar-refractivity contribution in [1.82, 2.24) is 0 Å². The fraction of sp³-hybridized carbons (Fsp3) is 1.00. The summed E-state index contributed by atoms with van der Waals surface area (Å²) in [6, 6.07) is 0. The quantitative estimate of drug-likeness (QED) is 0.626. The fourth-order valence-electron chi connectivity index (χ4n) is 0.833. The number of hydrogen-bond acceptors (Lipinski definition) is 1. The molecule has 0 amide bonds. The summed E-state index contributed by atoms with van der Waals surface area (Å²) in [7, 11) is 1.76. The molecule has 0 aromatic carbocycles. The van der Waals surface area contributed by atoms with Gasteiger partial charge in [0, 0.05) is 11.9 Å². The maximum Gasteiger partial charge on any atom is 0.0693 e. The maximum atomic E-state index is 5.21. The molecule has 0 aromatic heterocycles. The van der Waals surface area contributed by atoms with E-state index in [0.29, 0.717) is 10.9 Å². The zero-order chi connectivity index (χ0) is 7.28. The first-order chi connectivity index (χ1) is 4.26. The average Bonchev–Trinajstić information content (AvgIpc) is 1.90. The van der Waals surface area contributed by atoms with Gasteiger partial charge in [-0.25, -0.2) is 0 Å². The molecule has 0 rings (SSSR count). The number of halogens is 1. The highest BCUT2D eigenvalue weighted by Crippen LogP contribution is 2.14. The van der Waals surface area contributed by atoms with Crippen LogP contribution in [0, 0.1) is 0 Å². The molecular weight excluding hydrogens is 180 g/mol. The molecule has 0 radical (unpaired) electrons. The largest absolute Gasteiger partial charge is 0.380 e. The van der Waals surface area contributed by atoms with Crippen LogP contribution in [0.4, 0.5) is 0 Å². The molecule has 2 heteroatoms. The summed E-state index contributed by atoms with van der Waals surface area (Å²) in [6.45, 7) is 4.29. The first-order valence-electron chi connectivity index (χ1n) is 3.43. The molecule has 2 atom stereocenters. The fourth-order valence-corrected chi connectivity index (χ4v) is 1.42. The van der Waals surface area contributed by atoms with Gasteiger partial charge in [-0.2, -0.15) is 0 Å². The van der Waals surface area contributed by atoms with Crippen molar-refractivity contribution in [3.63, 3.8) is 0 Å². The number of methoxy groups -OCH3 is 1. The minimum atomic E-state index is 0.384. The lowest BCUT2D eigenvalue weighted by molar-refractivity contribution is 0.0979. The van der Waals surface area contributed by atoms with E-state index in [4.69, 9.17) is 4.74 Å². The van der Waals surface area contributed by atoms with Gasteiger partial charge in [-0.05, 0) is 12.8 Å². The molecule has 9 heavy (non-hydrogen) atoms. The first kappa shape index (κ1) is 9.44. The Morgan fingerprint density at radius 1 is 1.33 bits per heavy atom. The Bertz CT molecular complexity index is 61.9. The summed E-state index contributed by atoms with van der Waals surface area (Å²) >= 11 is 3.54. The molecule has 0 N–H and O–H groups in total. The third kappa shape index (κ3) is 3.21. The topological polar surface area (TPSA) is 9.23 Å². The Hall–Kier alpha value is 0.440. The van der Waals surface area contributed by atoms with Gasteiger partial charge in [0.25, 0.3) is 0 Å². The summed E-state index contributed by atoms with van der Waals surface area (Å²) in [5.41, 5.74) is 0. The van der Waals surface area contributed by atoms with Gasteiger partial charge in [-0.3, -0.25) is 0 Å². The summed E-state index contributed by atoms with van der Waals surface area (Å²) < 4.78 is 5.21. The predicted octanol–water partition coefficient (Wildman–Crippen LogP) is 2.58. The van der Waals surface area contributed by atoms with E-state index in [1.807, 2.05) is 0 Å².